The Morgan fingerprint density at radius 3 is 2.94 bits per heavy atom. The zero-order valence-electron chi connectivity index (χ0n) is 10.8. The van der Waals surface area contributed by atoms with Crippen molar-refractivity contribution >= 4 is 5.91 Å². The van der Waals surface area contributed by atoms with Crippen LogP contribution in [0.25, 0.3) is 0 Å². The summed E-state index contributed by atoms with van der Waals surface area (Å²) in [6.07, 6.45) is 0. The molecule has 1 aliphatic rings. The lowest BCUT2D eigenvalue weighted by atomic mass is 10.1. The van der Waals surface area contributed by atoms with Gasteiger partial charge in [-0.25, -0.2) is 0 Å². The fourth-order valence-electron chi connectivity index (χ4n) is 2.18. The molecule has 0 aliphatic carbocycles. The van der Waals surface area contributed by atoms with Crippen molar-refractivity contribution in [3.05, 3.63) is 35.9 Å². The van der Waals surface area contributed by atoms with E-state index >= 15 is 0 Å². The molecule has 0 radical (unpaired) electrons. The Balaban J connectivity index is 2.01. The second-order valence-electron chi connectivity index (χ2n) is 4.44. The first-order valence-electron chi connectivity index (χ1n) is 6.44. The maximum atomic E-state index is 12.0. The zero-order valence-corrected chi connectivity index (χ0v) is 10.8. The predicted molar refractivity (Wildman–Crippen MR) is 70.1 cm³/mol. The van der Waals surface area contributed by atoms with E-state index in [1.165, 1.54) is 5.56 Å². The van der Waals surface area contributed by atoms with Crippen molar-refractivity contribution in [3.63, 3.8) is 0 Å². The van der Waals surface area contributed by atoms with Gasteiger partial charge in [0.05, 0.1) is 13.2 Å². The van der Waals surface area contributed by atoms with Crippen molar-refractivity contribution in [3.8, 4) is 0 Å². The number of rotatable bonds is 4. The van der Waals surface area contributed by atoms with Gasteiger partial charge >= 0.3 is 0 Å². The topological polar surface area (TPSA) is 41.6 Å². The third-order valence-corrected chi connectivity index (χ3v) is 3.12. The molecule has 0 bridgehead atoms. The van der Waals surface area contributed by atoms with Crippen LogP contribution in [0.15, 0.2) is 30.3 Å². The van der Waals surface area contributed by atoms with Gasteiger partial charge in [0.2, 0.25) is 5.91 Å². The fourth-order valence-corrected chi connectivity index (χ4v) is 2.18. The Labute approximate surface area is 108 Å². The molecule has 1 fully saturated rings. The van der Waals surface area contributed by atoms with Crippen LogP contribution in [0.4, 0.5) is 0 Å². The third kappa shape index (κ3) is 3.31. The van der Waals surface area contributed by atoms with Crippen LogP contribution in [0.2, 0.25) is 0 Å². The molecule has 1 aliphatic heterocycles. The number of nitrogens with zero attached hydrogens (tertiary/aromatic N) is 1. The molecule has 0 spiro atoms. The average Bonchev–Trinajstić information content (AvgIpc) is 2.41. The van der Waals surface area contributed by atoms with Crippen molar-refractivity contribution in [2.24, 2.45) is 0 Å². The highest BCUT2D eigenvalue weighted by Gasteiger charge is 2.28. The highest BCUT2D eigenvalue weighted by atomic mass is 16.5. The second kappa shape index (κ2) is 6.52. The molecule has 0 unspecified atom stereocenters. The molecule has 4 nitrogen and oxygen atoms in total. The first kappa shape index (κ1) is 13.1. The minimum atomic E-state index is -0.168. The van der Waals surface area contributed by atoms with Crippen LogP contribution >= 0.6 is 0 Å². The van der Waals surface area contributed by atoms with Gasteiger partial charge in [-0.05, 0) is 12.5 Å². The summed E-state index contributed by atoms with van der Waals surface area (Å²) in [4.78, 5) is 14.2. The van der Waals surface area contributed by atoms with Crippen molar-refractivity contribution in [1.29, 1.82) is 0 Å². The Bertz CT molecular complexity index is 381. The summed E-state index contributed by atoms with van der Waals surface area (Å²) in [5, 5.41) is 2.87. The van der Waals surface area contributed by atoms with E-state index in [9.17, 15) is 4.79 Å². The maximum absolute atomic E-state index is 12.0. The molecule has 4 heteroatoms. The van der Waals surface area contributed by atoms with Gasteiger partial charge in [-0.2, -0.15) is 0 Å². The molecule has 1 saturated heterocycles. The molecule has 18 heavy (non-hydrogen) atoms. The van der Waals surface area contributed by atoms with Crippen LogP contribution in [-0.2, 0) is 16.1 Å². The monoisotopic (exact) mass is 248 g/mol. The molecule has 1 N–H and O–H groups in total. The number of likely N-dealkylation sites (N-methyl/N-ethyl adjacent to an activating group) is 1. The van der Waals surface area contributed by atoms with Gasteiger partial charge in [-0.15, -0.1) is 0 Å². The molecule has 2 rings (SSSR count). The van der Waals surface area contributed by atoms with Gasteiger partial charge in [-0.1, -0.05) is 30.3 Å². The third-order valence-electron chi connectivity index (χ3n) is 3.12. The molecular formula is C14H20N2O2. The summed E-state index contributed by atoms with van der Waals surface area (Å²) >= 11 is 0. The van der Waals surface area contributed by atoms with Crippen LogP contribution in [-0.4, -0.2) is 43.2 Å². The lowest BCUT2D eigenvalue weighted by molar-refractivity contribution is -0.132. The Morgan fingerprint density at radius 2 is 2.22 bits per heavy atom. The fraction of sp³-hybridized carbons (Fsp3) is 0.500. The number of hydrogen-bond donors (Lipinski definition) is 1. The normalized spacial score (nSPS) is 20.6. The van der Waals surface area contributed by atoms with Gasteiger partial charge in [0.15, 0.2) is 0 Å². The van der Waals surface area contributed by atoms with Crippen molar-refractivity contribution < 1.29 is 9.53 Å². The zero-order chi connectivity index (χ0) is 12.8. The van der Waals surface area contributed by atoms with E-state index in [2.05, 4.69) is 22.3 Å². The van der Waals surface area contributed by atoms with E-state index in [1.807, 2.05) is 25.1 Å². The Morgan fingerprint density at radius 1 is 1.44 bits per heavy atom. The van der Waals surface area contributed by atoms with E-state index < -0.39 is 0 Å². The van der Waals surface area contributed by atoms with E-state index in [0.29, 0.717) is 19.8 Å². The number of ether oxygens (including phenoxy) is 1. The van der Waals surface area contributed by atoms with E-state index in [1.54, 1.807) is 0 Å². The maximum Gasteiger partial charge on any atom is 0.239 e. The SMILES string of the molecule is CCNC(=O)[C@@H]1COCCN1Cc1ccccc1. The molecule has 1 heterocycles. The molecule has 0 aromatic heterocycles. The van der Waals surface area contributed by atoms with E-state index in [-0.39, 0.29) is 11.9 Å². The number of nitrogens with one attached hydrogen (secondary N) is 1. The number of carbonyl (C=O) groups excluding carboxylic acids is 1. The number of morpholine rings is 1. The van der Waals surface area contributed by atoms with E-state index in [0.717, 1.165) is 13.1 Å². The largest absolute Gasteiger partial charge is 0.378 e. The molecule has 1 aromatic rings. The summed E-state index contributed by atoms with van der Waals surface area (Å²) in [5.74, 6) is 0.0631. The number of carbonyl (C=O) groups is 1. The lowest BCUT2D eigenvalue weighted by Gasteiger charge is -2.34. The summed E-state index contributed by atoms with van der Waals surface area (Å²) in [7, 11) is 0. The van der Waals surface area contributed by atoms with E-state index in [4.69, 9.17) is 4.74 Å². The van der Waals surface area contributed by atoms with Gasteiger partial charge in [-0.3, -0.25) is 9.69 Å². The number of benzene rings is 1. The number of amides is 1. The quantitative estimate of drug-likeness (QED) is 0.865. The standard InChI is InChI=1S/C14H20N2O2/c1-2-15-14(17)13-11-18-9-8-16(13)10-12-6-4-3-5-7-12/h3-7,13H,2,8-11H2,1H3,(H,15,17)/t13-/m0/s1. The van der Waals surface area contributed by atoms with Gasteiger partial charge in [0.1, 0.15) is 6.04 Å². The van der Waals surface area contributed by atoms with Crippen LogP contribution in [0.3, 0.4) is 0 Å². The van der Waals surface area contributed by atoms with Crippen molar-refractivity contribution in [2.45, 2.75) is 19.5 Å². The molecular weight excluding hydrogens is 228 g/mol. The molecule has 1 amide bonds. The molecule has 1 atom stereocenters. The Kier molecular flexibility index (Phi) is 4.73. The summed E-state index contributed by atoms with van der Waals surface area (Å²) < 4.78 is 5.42. The van der Waals surface area contributed by atoms with Gasteiger partial charge in [0.25, 0.3) is 0 Å². The second-order valence-corrected chi connectivity index (χ2v) is 4.44. The average molecular weight is 248 g/mol. The molecule has 1 aromatic carbocycles. The van der Waals surface area contributed by atoms with Gasteiger partial charge < -0.3 is 10.1 Å². The lowest BCUT2D eigenvalue weighted by Crippen LogP contribution is -2.53. The summed E-state index contributed by atoms with van der Waals surface area (Å²) in [6.45, 7) is 5.38. The minimum Gasteiger partial charge on any atom is -0.378 e. The van der Waals surface area contributed by atoms with Crippen LogP contribution in [0, 0.1) is 0 Å². The highest BCUT2D eigenvalue weighted by Crippen LogP contribution is 2.12. The van der Waals surface area contributed by atoms with Crippen molar-refractivity contribution in [2.75, 3.05) is 26.3 Å². The highest BCUT2D eigenvalue weighted by molar-refractivity contribution is 5.81. The minimum absolute atomic E-state index is 0.0631. The van der Waals surface area contributed by atoms with Crippen LogP contribution < -0.4 is 5.32 Å². The van der Waals surface area contributed by atoms with Crippen LogP contribution in [0.5, 0.6) is 0 Å². The van der Waals surface area contributed by atoms with Crippen molar-refractivity contribution in [1.82, 2.24) is 10.2 Å². The predicted octanol–water partition coefficient (Wildman–Crippen LogP) is 1.02. The van der Waals surface area contributed by atoms with Gasteiger partial charge in [0, 0.05) is 19.6 Å². The smallest absolute Gasteiger partial charge is 0.239 e. The summed E-state index contributed by atoms with van der Waals surface area (Å²) in [6, 6.07) is 10.1. The molecule has 98 valence electrons. The van der Waals surface area contributed by atoms with Crippen LogP contribution in [0.1, 0.15) is 12.5 Å². The number of hydrogen-bond acceptors (Lipinski definition) is 3. The first-order valence-corrected chi connectivity index (χ1v) is 6.44. The summed E-state index contributed by atoms with van der Waals surface area (Å²) in [5.41, 5.74) is 1.23. The first-order chi connectivity index (χ1) is 8.81. The molecule has 0 saturated carbocycles. The Hall–Kier alpha value is -1.39.